The number of carbonyl (C=O) groups is 1. The summed E-state index contributed by atoms with van der Waals surface area (Å²) in [5.74, 6) is 0.202. The topological polar surface area (TPSA) is 75.5 Å². The third kappa shape index (κ3) is 4.28. The first-order valence-electron chi connectivity index (χ1n) is 6.87. The molecule has 0 radical (unpaired) electrons. The molecule has 2 heterocycles. The van der Waals surface area contributed by atoms with Gasteiger partial charge in [-0.15, -0.1) is 0 Å². The van der Waals surface area contributed by atoms with Crippen LogP contribution in [0.3, 0.4) is 0 Å². The molecular formula is C13H19N3O3S. The maximum atomic E-state index is 11.9. The summed E-state index contributed by atoms with van der Waals surface area (Å²) in [6.45, 7) is 2.95. The summed E-state index contributed by atoms with van der Waals surface area (Å²) in [4.78, 5) is 24.0. The summed E-state index contributed by atoms with van der Waals surface area (Å²) in [5, 5.41) is 15.6. The van der Waals surface area contributed by atoms with Crippen LogP contribution >= 0.6 is 11.3 Å². The minimum atomic E-state index is -0.381. The van der Waals surface area contributed by atoms with Gasteiger partial charge in [0, 0.05) is 44.0 Å². The Bertz CT molecular complexity index is 469. The summed E-state index contributed by atoms with van der Waals surface area (Å²) < 4.78 is 0. The van der Waals surface area contributed by atoms with Crippen molar-refractivity contribution in [3.05, 3.63) is 27.1 Å². The van der Waals surface area contributed by atoms with E-state index in [1.807, 2.05) is 4.90 Å². The van der Waals surface area contributed by atoms with Crippen LogP contribution in [0.4, 0.5) is 5.00 Å². The SMILES string of the molecule is O=C(CCNCc1csc([N+](=O)[O-])c1)N1CCCCC1. The van der Waals surface area contributed by atoms with Gasteiger partial charge in [-0.1, -0.05) is 11.3 Å². The number of thiophene rings is 1. The Kier molecular flexibility index (Phi) is 5.49. The predicted molar refractivity (Wildman–Crippen MR) is 77.7 cm³/mol. The van der Waals surface area contributed by atoms with Gasteiger partial charge in [0.15, 0.2) is 0 Å². The highest BCUT2D eigenvalue weighted by Gasteiger charge is 2.15. The molecule has 0 aromatic carbocycles. The number of nitrogens with zero attached hydrogens (tertiary/aromatic N) is 2. The standard InChI is InChI=1S/C13H19N3O3S/c17-12(15-6-2-1-3-7-15)4-5-14-9-11-8-13(16(18)19)20-10-11/h8,10,14H,1-7,9H2. The van der Waals surface area contributed by atoms with Crippen LogP contribution in [0.15, 0.2) is 11.4 Å². The zero-order chi connectivity index (χ0) is 14.4. The normalized spacial score (nSPS) is 15.3. The van der Waals surface area contributed by atoms with Crippen molar-refractivity contribution in [3.8, 4) is 0 Å². The third-order valence-corrected chi connectivity index (χ3v) is 4.30. The fourth-order valence-electron chi connectivity index (χ4n) is 2.28. The van der Waals surface area contributed by atoms with Crippen molar-refractivity contribution >= 4 is 22.2 Å². The molecule has 20 heavy (non-hydrogen) atoms. The molecule has 2 rings (SSSR count). The highest BCUT2D eigenvalue weighted by Crippen LogP contribution is 2.22. The van der Waals surface area contributed by atoms with Crippen LogP contribution in [0, 0.1) is 10.1 Å². The maximum Gasteiger partial charge on any atom is 0.324 e. The van der Waals surface area contributed by atoms with E-state index in [1.54, 1.807) is 11.4 Å². The number of carbonyl (C=O) groups excluding carboxylic acids is 1. The molecule has 0 unspecified atom stereocenters. The van der Waals surface area contributed by atoms with Gasteiger partial charge >= 0.3 is 5.00 Å². The van der Waals surface area contributed by atoms with E-state index in [-0.39, 0.29) is 15.8 Å². The van der Waals surface area contributed by atoms with Crippen molar-refractivity contribution in [1.82, 2.24) is 10.2 Å². The number of hydrogen-bond acceptors (Lipinski definition) is 5. The Hall–Kier alpha value is -1.47. The van der Waals surface area contributed by atoms with Crippen LogP contribution in [0.25, 0.3) is 0 Å². The number of likely N-dealkylation sites (tertiary alicyclic amines) is 1. The first-order chi connectivity index (χ1) is 9.66. The van der Waals surface area contributed by atoms with E-state index >= 15 is 0 Å². The zero-order valence-electron chi connectivity index (χ0n) is 11.3. The molecule has 110 valence electrons. The lowest BCUT2D eigenvalue weighted by atomic mass is 10.1. The highest BCUT2D eigenvalue weighted by atomic mass is 32.1. The first-order valence-corrected chi connectivity index (χ1v) is 7.75. The van der Waals surface area contributed by atoms with Crippen LogP contribution in [0.1, 0.15) is 31.2 Å². The van der Waals surface area contributed by atoms with Gasteiger partial charge in [0.25, 0.3) is 0 Å². The van der Waals surface area contributed by atoms with Crippen molar-refractivity contribution in [1.29, 1.82) is 0 Å². The second kappa shape index (κ2) is 7.35. The van der Waals surface area contributed by atoms with Crippen LogP contribution in [-0.2, 0) is 11.3 Å². The second-order valence-corrected chi connectivity index (χ2v) is 5.81. The Balaban J connectivity index is 1.65. The Morgan fingerprint density at radius 2 is 2.15 bits per heavy atom. The molecule has 1 saturated heterocycles. The summed E-state index contributed by atoms with van der Waals surface area (Å²) in [6.07, 6.45) is 3.93. The average molecular weight is 297 g/mol. The summed E-state index contributed by atoms with van der Waals surface area (Å²) in [6, 6.07) is 1.57. The van der Waals surface area contributed by atoms with Gasteiger partial charge in [-0.25, -0.2) is 0 Å². The van der Waals surface area contributed by atoms with E-state index in [0.29, 0.717) is 19.5 Å². The summed E-state index contributed by atoms with van der Waals surface area (Å²) in [7, 11) is 0. The molecule has 1 amide bonds. The number of amides is 1. The quantitative estimate of drug-likeness (QED) is 0.496. The largest absolute Gasteiger partial charge is 0.343 e. The smallest absolute Gasteiger partial charge is 0.324 e. The average Bonchev–Trinajstić information content (AvgIpc) is 2.93. The molecule has 0 bridgehead atoms. The van der Waals surface area contributed by atoms with E-state index in [1.165, 1.54) is 6.42 Å². The zero-order valence-corrected chi connectivity index (χ0v) is 12.2. The minimum Gasteiger partial charge on any atom is -0.343 e. The van der Waals surface area contributed by atoms with Crippen LogP contribution in [0.2, 0.25) is 0 Å². The van der Waals surface area contributed by atoms with E-state index in [2.05, 4.69) is 5.32 Å². The van der Waals surface area contributed by atoms with Crippen LogP contribution < -0.4 is 5.32 Å². The molecule has 0 aliphatic carbocycles. The fourth-order valence-corrected chi connectivity index (χ4v) is 3.01. The molecule has 0 atom stereocenters. The van der Waals surface area contributed by atoms with E-state index < -0.39 is 0 Å². The molecule has 0 spiro atoms. The molecule has 6 nitrogen and oxygen atoms in total. The van der Waals surface area contributed by atoms with Gasteiger partial charge in [-0.2, -0.15) is 0 Å². The van der Waals surface area contributed by atoms with Crippen LogP contribution in [0.5, 0.6) is 0 Å². The Morgan fingerprint density at radius 3 is 2.80 bits per heavy atom. The van der Waals surface area contributed by atoms with E-state index in [0.717, 1.165) is 42.8 Å². The van der Waals surface area contributed by atoms with Crippen LogP contribution in [-0.4, -0.2) is 35.4 Å². The number of hydrogen-bond donors (Lipinski definition) is 1. The van der Waals surface area contributed by atoms with Gasteiger partial charge in [-0.3, -0.25) is 14.9 Å². The molecule has 0 saturated carbocycles. The van der Waals surface area contributed by atoms with Gasteiger partial charge in [0.2, 0.25) is 5.91 Å². The summed E-state index contributed by atoms with van der Waals surface area (Å²) >= 11 is 1.13. The molecule has 1 N–H and O–H groups in total. The predicted octanol–water partition coefficient (Wildman–Crippen LogP) is 2.15. The molecule has 7 heteroatoms. The number of rotatable bonds is 6. The Labute approximate surface area is 121 Å². The number of nitro groups is 1. The third-order valence-electron chi connectivity index (χ3n) is 3.37. The molecule has 1 fully saturated rings. The van der Waals surface area contributed by atoms with Gasteiger partial charge in [0.05, 0.1) is 4.92 Å². The Morgan fingerprint density at radius 1 is 1.40 bits per heavy atom. The molecule has 1 aliphatic heterocycles. The van der Waals surface area contributed by atoms with Gasteiger partial charge in [-0.05, 0) is 24.8 Å². The highest BCUT2D eigenvalue weighted by molar-refractivity contribution is 7.13. The molecule has 1 aromatic rings. The molecule has 1 aliphatic rings. The minimum absolute atomic E-state index is 0.159. The van der Waals surface area contributed by atoms with Crippen molar-refractivity contribution < 1.29 is 9.72 Å². The second-order valence-electron chi connectivity index (χ2n) is 4.92. The van der Waals surface area contributed by atoms with E-state index in [4.69, 9.17) is 0 Å². The molecule has 1 aromatic heterocycles. The lowest BCUT2D eigenvalue weighted by molar-refractivity contribution is -0.380. The maximum absolute atomic E-state index is 11.9. The molecular weight excluding hydrogens is 278 g/mol. The lowest BCUT2D eigenvalue weighted by Gasteiger charge is -2.26. The van der Waals surface area contributed by atoms with Gasteiger partial charge in [0.1, 0.15) is 0 Å². The van der Waals surface area contributed by atoms with Crippen molar-refractivity contribution in [2.24, 2.45) is 0 Å². The monoisotopic (exact) mass is 297 g/mol. The summed E-state index contributed by atoms with van der Waals surface area (Å²) in [5.41, 5.74) is 0.895. The first kappa shape index (κ1) is 14.9. The van der Waals surface area contributed by atoms with Gasteiger partial charge < -0.3 is 10.2 Å². The van der Waals surface area contributed by atoms with Crippen molar-refractivity contribution in [2.75, 3.05) is 19.6 Å². The van der Waals surface area contributed by atoms with Crippen molar-refractivity contribution in [2.45, 2.75) is 32.2 Å². The lowest BCUT2D eigenvalue weighted by Crippen LogP contribution is -2.37. The number of piperidine rings is 1. The van der Waals surface area contributed by atoms with Crippen molar-refractivity contribution in [3.63, 3.8) is 0 Å². The fraction of sp³-hybridized carbons (Fsp3) is 0.615. The number of nitrogens with one attached hydrogen (secondary N) is 1. The van der Waals surface area contributed by atoms with E-state index in [9.17, 15) is 14.9 Å².